The summed E-state index contributed by atoms with van der Waals surface area (Å²) in [6.45, 7) is 0. The van der Waals surface area contributed by atoms with E-state index in [2.05, 4.69) is 28.1 Å². The van der Waals surface area contributed by atoms with Gasteiger partial charge in [-0.05, 0) is 25.7 Å². The highest BCUT2D eigenvalue weighted by molar-refractivity contribution is 9.09. The van der Waals surface area contributed by atoms with Gasteiger partial charge in [0, 0.05) is 4.83 Å². The Kier molecular flexibility index (Phi) is 3.34. The van der Waals surface area contributed by atoms with Gasteiger partial charge in [0.05, 0.1) is 0 Å². The Labute approximate surface area is 65.5 Å². The van der Waals surface area contributed by atoms with Crippen LogP contribution >= 0.6 is 15.9 Å². The zero-order chi connectivity index (χ0) is 6.53. The highest BCUT2D eigenvalue weighted by Crippen LogP contribution is 2.17. The predicted octanol–water partition coefficient (Wildman–Crippen LogP) is 3.27. The van der Waals surface area contributed by atoms with Crippen LogP contribution in [0, 0.1) is 0 Å². The van der Waals surface area contributed by atoms with Crippen LogP contribution < -0.4 is 0 Å². The molecule has 0 bridgehead atoms. The van der Waals surface area contributed by atoms with Crippen molar-refractivity contribution < 1.29 is 0 Å². The molecule has 0 N–H and O–H groups in total. The molecular weight excluding hydrogens is 176 g/mol. The number of halogens is 1. The second kappa shape index (κ2) is 4.10. The zero-order valence-corrected chi connectivity index (χ0v) is 7.23. The SMILES string of the molecule is Br[C@H]1C/C=C\CCCC1. The Morgan fingerprint density at radius 1 is 1.22 bits per heavy atom. The van der Waals surface area contributed by atoms with E-state index in [1.807, 2.05) is 0 Å². The maximum Gasteiger partial charge on any atom is 0.0180 e. The molecule has 9 heavy (non-hydrogen) atoms. The van der Waals surface area contributed by atoms with Gasteiger partial charge in [0.25, 0.3) is 0 Å². The maximum absolute atomic E-state index is 3.62. The molecule has 0 aliphatic heterocycles. The summed E-state index contributed by atoms with van der Waals surface area (Å²) in [6.07, 6.45) is 11.2. The van der Waals surface area contributed by atoms with Crippen molar-refractivity contribution in [3.63, 3.8) is 0 Å². The average Bonchev–Trinajstić information content (AvgIpc) is 1.79. The predicted molar refractivity (Wildman–Crippen MR) is 44.9 cm³/mol. The van der Waals surface area contributed by atoms with Crippen molar-refractivity contribution in [2.45, 2.75) is 36.9 Å². The van der Waals surface area contributed by atoms with Crippen LogP contribution in [-0.2, 0) is 0 Å². The molecule has 1 heteroatoms. The molecule has 52 valence electrons. The Bertz CT molecular complexity index is 96.7. The molecule has 0 fully saturated rings. The second-order valence-corrected chi connectivity index (χ2v) is 3.88. The minimum Gasteiger partial charge on any atom is -0.0887 e. The third-order valence-corrected chi connectivity index (χ3v) is 2.53. The summed E-state index contributed by atoms with van der Waals surface area (Å²) >= 11 is 3.62. The van der Waals surface area contributed by atoms with Crippen LogP contribution in [0.5, 0.6) is 0 Å². The van der Waals surface area contributed by atoms with Gasteiger partial charge in [-0.2, -0.15) is 0 Å². The lowest BCUT2D eigenvalue weighted by atomic mass is 10.1. The van der Waals surface area contributed by atoms with Gasteiger partial charge in [0.1, 0.15) is 0 Å². The van der Waals surface area contributed by atoms with Crippen LogP contribution in [0.1, 0.15) is 32.1 Å². The van der Waals surface area contributed by atoms with Crippen molar-refractivity contribution in [3.05, 3.63) is 12.2 Å². The maximum atomic E-state index is 3.62. The van der Waals surface area contributed by atoms with E-state index in [4.69, 9.17) is 0 Å². The molecule has 0 nitrogen and oxygen atoms in total. The Balaban J connectivity index is 2.28. The standard InChI is InChI=1S/C8H13Br/c9-8-6-4-2-1-3-5-7-8/h2,4,8H,1,3,5-7H2/b4-2-/t8-/m0/s1. The number of alkyl halides is 1. The summed E-state index contributed by atoms with van der Waals surface area (Å²) < 4.78 is 0. The molecular formula is C8H13Br. The van der Waals surface area contributed by atoms with Crippen LogP contribution in [0.25, 0.3) is 0 Å². The third-order valence-electron chi connectivity index (χ3n) is 1.70. The lowest BCUT2D eigenvalue weighted by molar-refractivity contribution is 0.655. The zero-order valence-electron chi connectivity index (χ0n) is 5.65. The van der Waals surface area contributed by atoms with Gasteiger partial charge >= 0.3 is 0 Å². The molecule has 0 spiro atoms. The first-order valence-corrected chi connectivity index (χ1v) is 4.60. The Morgan fingerprint density at radius 3 is 3.00 bits per heavy atom. The molecule has 0 amide bonds. The van der Waals surface area contributed by atoms with Crippen LogP contribution in [0.15, 0.2) is 12.2 Å². The molecule has 0 saturated heterocycles. The van der Waals surface area contributed by atoms with E-state index in [-0.39, 0.29) is 0 Å². The lowest BCUT2D eigenvalue weighted by Crippen LogP contribution is -1.96. The fourth-order valence-electron chi connectivity index (χ4n) is 1.11. The summed E-state index contributed by atoms with van der Waals surface area (Å²) in [6, 6.07) is 0. The first-order chi connectivity index (χ1) is 4.39. The summed E-state index contributed by atoms with van der Waals surface area (Å²) in [7, 11) is 0. The van der Waals surface area contributed by atoms with Gasteiger partial charge in [-0.3, -0.25) is 0 Å². The van der Waals surface area contributed by atoms with E-state index in [1.165, 1.54) is 32.1 Å². The number of hydrogen-bond acceptors (Lipinski definition) is 0. The van der Waals surface area contributed by atoms with Crippen molar-refractivity contribution in [1.29, 1.82) is 0 Å². The molecule has 0 saturated carbocycles. The highest BCUT2D eigenvalue weighted by Gasteiger charge is 2.02. The van der Waals surface area contributed by atoms with Crippen molar-refractivity contribution in [2.24, 2.45) is 0 Å². The molecule has 0 radical (unpaired) electrons. The molecule has 0 aromatic rings. The van der Waals surface area contributed by atoms with Crippen molar-refractivity contribution in [1.82, 2.24) is 0 Å². The molecule has 0 heterocycles. The Morgan fingerprint density at radius 2 is 2.11 bits per heavy atom. The van der Waals surface area contributed by atoms with E-state index >= 15 is 0 Å². The normalized spacial score (nSPS) is 32.8. The smallest absolute Gasteiger partial charge is 0.0180 e. The van der Waals surface area contributed by atoms with Gasteiger partial charge in [0.2, 0.25) is 0 Å². The van der Waals surface area contributed by atoms with E-state index in [0.717, 1.165) is 4.83 Å². The van der Waals surface area contributed by atoms with Crippen LogP contribution in [0.4, 0.5) is 0 Å². The summed E-state index contributed by atoms with van der Waals surface area (Å²) in [5, 5.41) is 0. The minimum absolute atomic E-state index is 0.744. The van der Waals surface area contributed by atoms with Crippen LogP contribution in [0.3, 0.4) is 0 Å². The first-order valence-electron chi connectivity index (χ1n) is 3.68. The monoisotopic (exact) mass is 188 g/mol. The number of allylic oxidation sites excluding steroid dienone is 2. The van der Waals surface area contributed by atoms with E-state index in [1.54, 1.807) is 0 Å². The fourth-order valence-corrected chi connectivity index (χ4v) is 1.65. The van der Waals surface area contributed by atoms with E-state index in [0.29, 0.717) is 0 Å². The minimum atomic E-state index is 0.744. The van der Waals surface area contributed by atoms with Crippen molar-refractivity contribution in [2.75, 3.05) is 0 Å². The van der Waals surface area contributed by atoms with Crippen LogP contribution in [-0.4, -0.2) is 4.83 Å². The van der Waals surface area contributed by atoms with Gasteiger partial charge in [-0.25, -0.2) is 0 Å². The Hall–Kier alpha value is 0.220. The van der Waals surface area contributed by atoms with E-state index in [9.17, 15) is 0 Å². The summed E-state index contributed by atoms with van der Waals surface area (Å²) in [5.41, 5.74) is 0. The van der Waals surface area contributed by atoms with Gasteiger partial charge in [-0.15, -0.1) is 0 Å². The topological polar surface area (TPSA) is 0 Å². The van der Waals surface area contributed by atoms with Crippen LogP contribution in [0.2, 0.25) is 0 Å². The molecule has 0 unspecified atom stereocenters. The average molecular weight is 189 g/mol. The van der Waals surface area contributed by atoms with Gasteiger partial charge in [-0.1, -0.05) is 34.5 Å². The number of rotatable bonds is 0. The van der Waals surface area contributed by atoms with Gasteiger partial charge in [0.15, 0.2) is 0 Å². The molecule has 1 aliphatic rings. The number of hydrogen-bond donors (Lipinski definition) is 0. The molecule has 0 aromatic carbocycles. The lowest BCUT2D eigenvalue weighted by Gasteiger charge is -2.08. The summed E-state index contributed by atoms with van der Waals surface area (Å²) in [4.78, 5) is 0.744. The summed E-state index contributed by atoms with van der Waals surface area (Å²) in [5.74, 6) is 0. The first kappa shape index (κ1) is 7.33. The highest BCUT2D eigenvalue weighted by atomic mass is 79.9. The molecule has 1 atom stereocenters. The fraction of sp³-hybridized carbons (Fsp3) is 0.750. The molecule has 0 aromatic heterocycles. The van der Waals surface area contributed by atoms with Gasteiger partial charge < -0.3 is 0 Å². The largest absolute Gasteiger partial charge is 0.0887 e. The quantitative estimate of drug-likeness (QED) is 0.405. The van der Waals surface area contributed by atoms with Crippen molar-refractivity contribution >= 4 is 15.9 Å². The second-order valence-electron chi connectivity index (χ2n) is 2.59. The van der Waals surface area contributed by atoms with Crippen molar-refractivity contribution in [3.8, 4) is 0 Å². The third kappa shape index (κ3) is 3.04. The molecule has 1 aliphatic carbocycles. The molecule has 1 rings (SSSR count). The van der Waals surface area contributed by atoms with E-state index < -0.39 is 0 Å².